The molecular formula is C21H26Cl4O2. The van der Waals surface area contributed by atoms with Gasteiger partial charge in [0.1, 0.15) is 0 Å². The number of rotatable bonds is 0. The Morgan fingerprint density at radius 1 is 0.704 bits per heavy atom. The van der Waals surface area contributed by atoms with Gasteiger partial charge in [0.15, 0.2) is 20.2 Å². The lowest BCUT2D eigenvalue weighted by Gasteiger charge is -2.46. The van der Waals surface area contributed by atoms with Crippen LogP contribution in [0.5, 0.6) is 0 Å². The second kappa shape index (κ2) is 8.78. The monoisotopic (exact) mass is 450 g/mol. The van der Waals surface area contributed by atoms with E-state index in [0.717, 1.165) is 51.4 Å². The van der Waals surface area contributed by atoms with Gasteiger partial charge >= 0.3 is 0 Å². The first kappa shape index (κ1) is 21.7. The van der Waals surface area contributed by atoms with Crippen LogP contribution < -0.4 is 0 Å². The molecule has 0 amide bonds. The summed E-state index contributed by atoms with van der Waals surface area (Å²) in [5, 5.41) is 0. The van der Waals surface area contributed by atoms with E-state index >= 15 is 0 Å². The summed E-state index contributed by atoms with van der Waals surface area (Å²) >= 11 is 24.1. The van der Waals surface area contributed by atoms with Gasteiger partial charge in [-0.2, -0.15) is 0 Å². The Morgan fingerprint density at radius 2 is 1.22 bits per heavy atom. The Balaban J connectivity index is 0.000000156. The first-order valence-corrected chi connectivity index (χ1v) is 11.4. The quantitative estimate of drug-likeness (QED) is 0.307. The third-order valence-electron chi connectivity index (χ3n) is 6.44. The lowest BCUT2D eigenvalue weighted by molar-refractivity contribution is -0.136. The Morgan fingerprint density at radius 3 is 1.85 bits per heavy atom. The molecule has 0 spiro atoms. The number of Topliss-reactive ketones (excluding diaryl/α,β-unsaturated/α-hetero) is 2. The van der Waals surface area contributed by atoms with Gasteiger partial charge < -0.3 is 0 Å². The van der Waals surface area contributed by atoms with Gasteiger partial charge in [-0.05, 0) is 57.3 Å². The Hall–Kier alpha value is -0.0200. The standard InChI is InChI=1S/C11H14Cl2O.C10H12Cl2O/c12-11(13)9-6-4-2-1-3-5-8(9)7-10(11)14;11-10(12)8-6-4-2-1-3-5-7(8)9(10)13/h1-2,8-9H,3-7H2;1-2,7-8H,3-6H2/b2*2-1-. The van der Waals surface area contributed by atoms with E-state index in [9.17, 15) is 9.59 Å². The summed E-state index contributed by atoms with van der Waals surface area (Å²) < 4.78 is -2.17. The average molecular weight is 452 g/mol. The maximum absolute atomic E-state index is 11.6. The number of hydrogen-bond donors (Lipinski definition) is 0. The van der Waals surface area contributed by atoms with Crippen LogP contribution in [-0.4, -0.2) is 20.2 Å². The van der Waals surface area contributed by atoms with E-state index in [1.54, 1.807) is 0 Å². The third-order valence-corrected chi connectivity index (χ3v) is 8.36. The molecule has 150 valence electrons. The minimum absolute atomic E-state index is 0.0257. The largest absolute Gasteiger partial charge is 0.296 e. The molecule has 0 N–H and O–H groups in total. The van der Waals surface area contributed by atoms with Crippen LogP contribution >= 0.6 is 46.4 Å². The molecule has 4 aliphatic rings. The van der Waals surface area contributed by atoms with Crippen LogP contribution in [0.25, 0.3) is 0 Å². The van der Waals surface area contributed by atoms with Crippen molar-refractivity contribution in [3.05, 3.63) is 24.3 Å². The number of alkyl halides is 4. The molecule has 2 nitrogen and oxygen atoms in total. The van der Waals surface area contributed by atoms with Crippen molar-refractivity contribution in [3.8, 4) is 0 Å². The number of halogens is 4. The SMILES string of the molecule is O=C1C2CC/C=C\CCC2C1(Cl)Cl.O=C1CC2CC/C=C\CCC2C1(Cl)Cl. The predicted molar refractivity (Wildman–Crippen MR) is 113 cm³/mol. The molecule has 4 aliphatic carbocycles. The fourth-order valence-corrected chi connectivity index (χ4v) is 6.36. The summed E-state index contributed by atoms with van der Waals surface area (Å²) in [6.07, 6.45) is 17.1. The lowest BCUT2D eigenvalue weighted by Crippen LogP contribution is -2.56. The summed E-state index contributed by atoms with van der Waals surface area (Å²) in [4.78, 5) is 23.1. The van der Waals surface area contributed by atoms with E-state index in [1.807, 2.05) is 0 Å². The molecule has 4 atom stereocenters. The highest BCUT2D eigenvalue weighted by Gasteiger charge is 2.59. The van der Waals surface area contributed by atoms with Crippen LogP contribution in [0, 0.1) is 23.7 Å². The summed E-state index contributed by atoms with van der Waals surface area (Å²) in [7, 11) is 0. The third kappa shape index (κ3) is 4.44. The second-order valence-electron chi connectivity index (χ2n) is 8.07. The Labute approximate surface area is 181 Å². The summed E-state index contributed by atoms with van der Waals surface area (Å²) in [5.74, 6) is 0.952. The zero-order valence-electron chi connectivity index (χ0n) is 15.3. The molecule has 0 bridgehead atoms. The van der Waals surface area contributed by atoms with Crippen molar-refractivity contribution in [1.82, 2.24) is 0 Å². The van der Waals surface area contributed by atoms with Crippen LogP contribution in [0.15, 0.2) is 24.3 Å². The van der Waals surface area contributed by atoms with Crippen molar-refractivity contribution in [2.45, 2.75) is 66.5 Å². The topological polar surface area (TPSA) is 34.1 Å². The minimum atomic E-state index is -1.10. The van der Waals surface area contributed by atoms with Crippen LogP contribution in [0.1, 0.15) is 57.8 Å². The minimum Gasteiger partial charge on any atom is -0.296 e. The predicted octanol–water partition coefficient (Wildman–Crippen LogP) is 6.60. The van der Waals surface area contributed by atoms with Gasteiger partial charge in [-0.25, -0.2) is 0 Å². The number of hydrogen-bond acceptors (Lipinski definition) is 2. The van der Waals surface area contributed by atoms with Gasteiger partial charge in [0.25, 0.3) is 0 Å². The smallest absolute Gasteiger partial charge is 0.179 e. The number of carbonyl (C=O) groups excluding carboxylic acids is 2. The highest BCUT2D eigenvalue weighted by atomic mass is 35.5. The van der Waals surface area contributed by atoms with E-state index < -0.39 is 8.67 Å². The van der Waals surface area contributed by atoms with Crippen LogP contribution in [-0.2, 0) is 9.59 Å². The van der Waals surface area contributed by atoms with Crippen molar-refractivity contribution in [2.24, 2.45) is 23.7 Å². The van der Waals surface area contributed by atoms with E-state index in [0.29, 0.717) is 12.3 Å². The zero-order valence-corrected chi connectivity index (χ0v) is 18.3. The normalized spacial score (nSPS) is 39.1. The molecule has 6 heteroatoms. The van der Waals surface area contributed by atoms with Crippen LogP contribution in [0.2, 0.25) is 0 Å². The maximum Gasteiger partial charge on any atom is 0.179 e. The molecule has 0 radical (unpaired) electrons. The Kier molecular flexibility index (Phi) is 7.05. The van der Waals surface area contributed by atoms with Gasteiger partial charge in [-0.15, -0.1) is 0 Å². The molecule has 0 aliphatic heterocycles. The number of carbonyl (C=O) groups is 2. The number of allylic oxidation sites excluding steroid dienone is 4. The molecule has 0 aromatic rings. The molecule has 0 aromatic heterocycles. The van der Waals surface area contributed by atoms with E-state index in [1.165, 1.54) is 0 Å². The van der Waals surface area contributed by atoms with E-state index in [4.69, 9.17) is 46.4 Å². The van der Waals surface area contributed by atoms with Gasteiger partial charge in [-0.1, -0.05) is 70.7 Å². The van der Waals surface area contributed by atoms with Crippen molar-refractivity contribution < 1.29 is 9.59 Å². The highest BCUT2D eigenvalue weighted by Crippen LogP contribution is 2.53. The van der Waals surface area contributed by atoms with E-state index in [-0.39, 0.29) is 29.3 Å². The number of fused-ring (bicyclic) bond motifs is 2. The van der Waals surface area contributed by atoms with Crippen molar-refractivity contribution >= 4 is 58.0 Å². The first-order chi connectivity index (χ1) is 12.8. The van der Waals surface area contributed by atoms with Crippen LogP contribution in [0.3, 0.4) is 0 Å². The lowest BCUT2D eigenvalue weighted by atomic mass is 9.66. The maximum atomic E-state index is 11.6. The van der Waals surface area contributed by atoms with Crippen LogP contribution in [0.4, 0.5) is 0 Å². The van der Waals surface area contributed by atoms with Gasteiger partial charge in [0.2, 0.25) is 0 Å². The molecule has 2 fully saturated rings. The molecule has 4 rings (SSSR count). The molecule has 2 saturated carbocycles. The molecule has 0 aromatic carbocycles. The highest BCUT2D eigenvalue weighted by molar-refractivity contribution is 6.61. The molecule has 0 heterocycles. The van der Waals surface area contributed by atoms with Crippen molar-refractivity contribution in [3.63, 3.8) is 0 Å². The summed E-state index contributed by atoms with van der Waals surface area (Å²) in [5.41, 5.74) is 0. The molecule has 4 unspecified atom stereocenters. The van der Waals surface area contributed by atoms with Crippen molar-refractivity contribution in [2.75, 3.05) is 0 Å². The number of ketones is 2. The fourth-order valence-electron chi connectivity index (χ4n) is 4.83. The van der Waals surface area contributed by atoms with E-state index in [2.05, 4.69) is 24.3 Å². The van der Waals surface area contributed by atoms with Crippen molar-refractivity contribution in [1.29, 1.82) is 0 Å². The molecule has 0 saturated heterocycles. The van der Waals surface area contributed by atoms with Gasteiger partial charge in [0.05, 0.1) is 0 Å². The van der Waals surface area contributed by atoms with Gasteiger partial charge in [-0.3, -0.25) is 9.59 Å². The van der Waals surface area contributed by atoms with Gasteiger partial charge in [0, 0.05) is 24.2 Å². The summed E-state index contributed by atoms with van der Waals surface area (Å²) in [6, 6.07) is 0. The Bertz CT molecular complexity index is 638. The fraction of sp³-hybridized carbons (Fsp3) is 0.714. The summed E-state index contributed by atoms with van der Waals surface area (Å²) in [6.45, 7) is 0. The molecular weight excluding hydrogens is 426 g/mol. The zero-order chi connectivity index (χ0) is 19.7. The average Bonchev–Trinajstić information content (AvgIpc) is 2.76. The second-order valence-corrected chi connectivity index (χ2v) is 10.8. The molecule has 27 heavy (non-hydrogen) atoms. The first-order valence-electron chi connectivity index (χ1n) is 9.89.